The summed E-state index contributed by atoms with van der Waals surface area (Å²) in [6.45, 7) is 9.90. The van der Waals surface area contributed by atoms with Crippen LogP contribution < -0.4 is 10.5 Å². The number of aryl methyl sites for hydroxylation is 1. The van der Waals surface area contributed by atoms with E-state index in [0.717, 1.165) is 17.2 Å². The first-order chi connectivity index (χ1) is 11.8. The average molecular weight is 365 g/mol. The first-order valence-corrected chi connectivity index (χ1v) is 9.21. The molecule has 0 unspecified atom stereocenters. The van der Waals surface area contributed by atoms with Crippen LogP contribution in [0, 0.1) is 0 Å². The van der Waals surface area contributed by atoms with E-state index in [9.17, 15) is 9.59 Å². The Hall–Kier alpha value is -2.16. The third kappa shape index (κ3) is 3.92. The van der Waals surface area contributed by atoms with E-state index in [1.165, 1.54) is 17.4 Å². The van der Waals surface area contributed by atoms with Crippen LogP contribution in [0.3, 0.4) is 0 Å². The summed E-state index contributed by atoms with van der Waals surface area (Å²) in [5.41, 5.74) is -0.772. The lowest BCUT2D eigenvalue weighted by Gasteiger charge is -2.36. The molecule has 1 saturated heterocycles. The van der Waals surface area contributed by atoms with Crippen LogP contribution in [0.2, 0.25) is 0 Å². The first kappa shape index (κ1) is 17.7. The molecule has 1 amide bonds. The third-order valence-corrected chi connectivity index (χ3v) is 4.89. The van der Waals surface area contributed by atoms with Crippen LogP contribution in [0.15, 0.2) is 10.9 Å². The monoisotopic (exact) mass is 365 g/mol. The molecule has 0 radical (unpaired) electrons. The highest BCUT2D eigenvalue weighted by Gasteiger charge is 2.27. The Morgan fingerprint density at radius 2 is 1.96 bits per heavy atom. The number of piperazine rings is 1. The zero-order valence-corrected chi connectivity index (χ0v) is 15.8. The SMILES string of the molecule is CCc1nn2c(N3CCN(C(=O)OC(C)(C)C)CC3)cc(=O)nc2s1. The summed E-state index contributed by atoms with van der Waals surface area (Å²) in [7, 11) is 0. The summed E-state index contributed by atoms with van der Waals surface area (Å²) < 4.78 is 7.15. The maximum absolute atomic E-state index is 12.2. The molecule has 0 aliphatic carbocycles. The van der Waals surface area contributed by atoms with Gasteiger partial charge >= 0.3 is 6.09 Å². The van der Waals surface area contributed by atoms with Gasteiger partial charge in [0, 0.05) is 32.2 Å². The molecular weight excluding hydrogens is 342 g/mol. The number of hydrogen-bond acceptors (Lipinski definition) is 7. The van der Waals surface area contributed by atoms with Crippen molar-refractivity contribution < 1.29 is 9.53 Å². The topological polar surface area (TPSA) is 80.0 Å². The fraction of sp³-hybridized carbons (Fsp3) is 0.625. The van der Waals surface area contributed by atoms with Crippen molar-refractivity contribution in [2.75, 3.05) is 31.1 Å². The number of fused-ring (bicyclic) bond motifs is 1. The lowest BCUT2D eigenvalue weighted by atomic mass is 10.2. The van der Waals surface area contributed by atoms with Crippen LogP contribution in [0.5, 0.6) is 0 Å². The number of carbonyl (C=O) groups is 1. The van der Waals surface area contributed by atoms with Crippen molar-refractivity contribution in [1.29, 1.82) is 0 Å². The molecule has 8 nitrogen and oxygen atoms in total. The molecule has 2 aromatic rings. The molecule has 3 rings (SSSR count). The Labute approximate surface area is 150 Å². The van der Waals surface area contributed by atoms with Crippen molar-refractivity contribution in [3.8, 4) is 0 Å². The van der Waals surface area contributed by atoms with Crippen LogP contribution >= 0.6 is 11.3 Å². The van der Waals surface area contributed by atoms with E-state index in [1.54, 1.807) is 9.42 Å². The lowest BCUT2D eigenvalue weighted by molar-refractivity contribution is 0.0240. The molecule has 3 heterocycles. The summed E-state index contributed by atoms with van der Waals surface area (Å²) in [4.78, 5) is 32.5. The molecule has 0 saturated carbocycles. The molecule has 1 fully saturated rings. The predicted octanol–water partition coefficient (Wildman–Crippen LogP) is 1.77. The molecule has 9 heteroatoms. The van der Waals surface area contributed by atoms with E-state index in [0.29, 0.717) is 31.1 Å². The molecule has 0 atom stereocenters. The van der Waals surface area contributed by atoms with Crippen molar-refractivity contribution in [2.45, 2.75) is 39.7 Å². The fourth-order valence-electron chi connectivity index (χ4n) is 2.65. The Balaban J connectivity index is 1.77. The van der Waals surface area contributed by atoms with Gasteiger partial charge < -0.3 is 14.5 Å². The number of hydrogen-bond donors (Lipinski definition) is 0. The second-order valence-electron chi connectivity index (χ2n) is 6.95. The smallest absolute Gasteiger partial charge is 0.410 e. The molecule has 1 aliphatic rings. The second kappa shape index (κ2) is 6.62. The summed E-state index contributed by atoms with van der Waals surface area (Å²) in [5.74, 6) is 0.731. The van der Waals surface area contributed by atoms with E-state index in [4.69, 9.17) is 4.74 Å². The maximum atomic E-state index is 12.2. The van der Waals surface area contributed by atoms with Gasteiger partial charge in [0.05, 0.1) is 0 Å². The van der Waals surface area contributed by atoms with Gasteiger partial charge in [-0.15, -0.1) is 0 Å². The van der Waals surface area contributed by atoms with Crippen LogP contribution in [0.4, 0.5) is 10.6 Å². The van der Waals surface area contributed by atoms with Crippen molar-refractivity contribution in [3.63, 3.8) is 0 Å². The minimum absolute atomic E-state index is 0.268. The van der Waals surface area contributed by atoms with Gasteiger partial charge in [0.1, 0.15) is 16.4 Å². The van der Waals surface area contributed by atoms with Crippen molar-refractivity contribution in [3.05, 3.63) is 21.4 Å². The Kier molecular flexibility index (Phi) is 4.68. The van der Waals surface area contributed by atoms with Gasteiger partial charge in [0.25, 0.3) is 5.56 Å². The highest BCUT2D eigenvalue weighted by atomic mass is 32.1. The number of nitrogens with zero attached hydrogens (tertiary/aromatic N) is 5. The van der Waals surface area contributed by atoms with Crippen LogP contribution in [0.25, 0.3) is 4.96 Å². The van der Waals surface area contributed by atoms with Crippen molar-refractivity contribution in [2.24, 2.45) is 0 Å². The van der Waals surface area contributed by atoms with Gasteiger partial charge in [-0.3, -0.25) is 4.79 Å². The summed E-state index contributed by atoms with van der Waals surface area (Å²) >= 11 is 1.43. The zero-order chi connectivity index (χ0) is 18.2. The molecule has 0 aromatic carbocycles. The summed E-state index contributed by atoms with van der Waals surface area (Å²) in [5, 5.41) is 5.47. The van der Waals surface area contributed by atoms with Gasteiger partial charge in [0.15, 0.2) is 0 Å². The normalized spacial score (nSPS) is 15.7. The fourth-order valence-corrected chi connectivity index (χ4v) is 3.49. The lowest BCUT2D eigenvalue weighted by Crippen LogP contribution is -2.50. The van der Waals surface area contributed by atoms with Gasteiger partial charge in [-0.25, -0.2) is 4.79 Å². The molecule has 0 bridgehead atoms. The van der Waals surface area contributed by atoms with E-state index in [1.807, 2.05) is 27.7 Å². The third-order valence-electron chi connectivity index (χ3n) is 3.84. The van der Waals surface area contributed by atoms with Gasteiger partial charge in [-0.1, -0.05) is 18.3 Å². The van der Waals surface area contributed by atoms with E-state index in [-0.39, 0.29) is 11.7 Å². The number of amides is 1. The van der Waals surface area contributed by atoms with E-state index < -0.39 is 5.60 Å². The van der Waals surface area contributed by atoms with Crippen LogP contribution in [0.1, 0.15) is 32.7 Å². The van der Waals surface area contributed by atoms with Gasteiger partial charge in [0.2, 0.25) is 4.96 Å². The first-order valence-electron chi connectivity index (χ1n) is 8.39. The standard InChI is InChI=1S/C16H23N5O3S/c1-5-12-18-21-13(10-11(22)17-14(21)25-12)19-6-8-20(9-7-19)15(23)24-16(2,3)4/h10H,5-9H2,1-4H3. The largest absolute Gasteiger partial charge is 0.444 e. The summed E-state index contributed by atoms with van der Waals surface area (Å²) in [6.07, 6.45) is 0.500. The minimum atomic E-state index is -0.504. The van der Waals surface area contributed by atoms with Crippen molar-refractivity contribution in [1.82, 2.24) is 19.5 Å². The van der Waals surface area contributed by atoms with E-state index in [2.05, 4.69) is 15.0 Å². The maximum Gasteiger partial charge on any atom is 0.410 e. The number of ether oxygens (including phenoxy) is 1. The molecule has 1 aliphatic heterocycles. The highest BCUT2D eigenvalue weighted by Crippen LogP contribution is 2.20. The number of anilines is 1. The van der Waals surface area contributed by atoms with Gasteiger partial charge in [-0.2, -0.15) is 14.6 Å². The highest BCUT2D eigenvalue weighted by molar-refractivity contribution is 7.16. The minimum Gasteiger partial charge on any atom is -0.444 e. The number of rotatable bonds is 2. The number of carbonyl (C=O) groups excluding carboxylic acids is 1. The van der Waals surface area contributed by atoms with Crippen molar-refractivity contribution >= 4 is 28.2 Å². The molecule has 0 spiro atoms. The molecule has 2 aromatic heterocycles. The Bertz CT molecular complexity index is 830. The molecule has 25 heavy (non-hydrogen) atoms. The van der Waals surface area contributed by atoms with Crippen LogP contribution in [-0.2, 0) is 11.2 Å². The van der Waals surface area contributed by atoms with Gasteiger partial charge in [-0.05, 0) is 27.2 Å². The molecular formula is C16H23N5O3S. The quantitative estimate of drug-likeness (QED) is 0.807. The van der Waals surface area contributed by atoms with E-state index >= 15 is 0 Å². The summed E-state index contributed by atoms with van der Waals surface area (Å²) in [6, 6.07) is 1.51. The molecule has 136 valence electrons. The zero-order valence-electron chi connectivity index (χ0n) is 15.0. The Morgan fingerprint density at radius 1 is 1.28 bits per heavy atom. The number of aromatic nitrogens is 3. The molecule has 0 N–H and O–H groups in total. The Morgan fingerprint density at radius 3 is 2.56 bits per heavy atom. The average Bonchev–Trinajstić information content (AvgIpc) is 2.95. The second-order valence-corrected chi connectivity index (χ2v) is 7.99. The predicted molar refractivity (Wildman–Crippen MR) is 96.5 cm³/mol. The van der Waals surface area contributed by atoms with Crippen LogP contribution in [-0.4, -0.2) is 57.4 Å².